The lowest BCUT2D eigenvalue weighted by Crippen LogP contribution is -2.48. The van der Waals surface area contributed by atoms with Gasteiger partial charge in [-0.15, -0.1) is 0 Å². The fraction of sp³-hybridized carbons (Fsp3) is 0.438. The number of aliphatic hydroxyl groups is 1. The van der Waals surface area contributed by atoms with E-state index in [2.05, 4.69) is 11.8 Å². The predicted molar refractivity (Wildman–Crippen MR) is 78.1 cm³/mol. The van der Waals surface area contributed by atoms with Crippen molar-refractivity contribution in [1.82, 2.24) is 4.90 Å². The normalized spacial score (nSPS) is 21.6. The van der Waals surface area contributed by atoms with E-state index in [-0.39, 0.29) is 18.7 Å². The Kier molecular flexibility index (Phi) is 4.61. The number of carbonyl (C=O) groups excluding carboxylic acids is 1. The van der Waals surface area contributed by atoms with E-state index in [1.807, 2.05) is 0 Å². The Morgan fingerprint density at radius 2 is 2.33 bits per heavy atom. The number of rotatable bonds is 1. The summed E-state index contributed by atoms with van der Waals surface area (Å²) in [4.78, 5) is 13.9. The Morgan fingerprint density at radius 1 is 1.57 bits per heavy atom. The number of halogens is 1. The first kappa shape index (κ1) is 15.5. The number of nitrogens with two attached hydrogens (primary N) is 1. The molecule has 21 heavy (non-hydrogen) atoms. The molecule has 1 aromatic carbocycles. The van der Waals surface area contributed by atoms with Gasteiger partial charge in [-0.25, -0.2) is 4.39 Å². The van der Waals surface area contributed by atoms with Crippen LogP contribution in [0.1, 0.15) is 35.7 Å². The molecule has 0 saturated carbocycles. The third-order valence-corrected chi connectivity index (χ3v) is 3.49. The molecule has 1 fully saturated rings. The van der Waals surface area contributed by atoms with E-state index in [9.17, 15) is 14.3 Å². The molecule has 1 aromatic rings. The second-order valence-corrected chi connectivity index (χ2v) is 5.53. The highest BCUT2D eigenvalue weighted by Gasteiger charge is 2.32. The smallest absolute Gasteiger partial charge is 0.256 e. The molecule has 0 radical (unpaired) electrons. The number of likely N-dealkylation sites (tertiary alicyclic amines) is 1. The molecule has 112 valence electrons. The van der Waals surface area contributed by atoms with Crippen molar-refractivity contribution < 1.29 is 14.3 Å². The highest BCUT2D eigenvalue weighted by atomic mass is 19.1. The van der Waals surface area contributed by atoms with Crippen LogP contribution in [-0.2, 0) is 0 Å². The van der Waals surface area contributed by atoms with E-state index in [4.69, 9.17) is 5.73 Å². The molecule has 2 rings (SSSR count). The summed E-state index contributed by atoms with van der Waals surface area (Å²) in [6.07, 6.45) is 1.34. The molecule has 1 atom stereocenters. The lowest BCUT2D eigenvalue weighted by atomic mass is 9.94. The zero-order valence-corrected chi connectivity index (χ0v) is 12.0. The molecule has 0 aromatic heterocycles. The van der Waals surface area contributed by atoms with Gasteiger partial charge in [0.1, 0.15) is 5.82 Å². The van der Waals surface area contributed by atoms with Gasteiger partial charge in [0.25, 0.3) is 5.91 Å². The number of carbonyl (C=O) groups is 1. The minimum absolute atomic E-state index is 0.0171. The van der Waals surface area contributed by atoms with E-state index in [0.717, 1.165) is 0 Å². The van der Waals surface area contributed by atoms with Crippen LogP contribution < -0.4 is 5.73 Å². The molecular formula is C16H19FN2O2. The van der Waals surface area contributed by atoms with E-state index >= 15 is 0 Å². The monoisotopic (exact) mass is 290 g/mol. The van der Waals surface area contributed by atoms with E-state index in [1.165, 1.54) is 23.1 Å². The second-order valence-electron chi connectivity index (χ2n) is 5.53. The highest BCUT2D eigenvalue weighted by Crippen LogP contribution is 2.23. The third-order valence-electron chi connectivity index (χ3n) is 3.49. The zero-order chi connectivity index (χ0) is 15.5. The maximum atomic E-state index is 13.9. The molecule has 0 spiro atoms. The van der Waals surface area contributed by atoms with Crippen molar-refractivity contribution in [3.8, 4) is 11.8 Å². The van der Waals surface area contributed by atoms with Gasteiger partial charge < -0.3 is 15.7 Å². The van der Waals surface area contributed by atoms with Crippen LogP contribution in [0.3, 0.4) is 0 Å². The van der Waals surface area contributed by atoms with Gasteiger partial charge in [0.2, 0.25) is 0 Å². The molecular weight excluding hydrogens is 271 g/mol. The minimum Gasteiger partial charge on any atom is -0.388 e. The van der Waals surface area contributed by atoms with E-state index in [1.54, 1.807) is 6.92 Å². The van der Waals surface area contributed by atoms with Crippen LogP contribution in [0, 0.1) is 17.7 Å². The molecule has 1 heterocycles. The van der Waals surface area contributed by atoms with Crippen molar-refractivity contribution in [3.63, 3.8) is 0 Å². The SMILES string of the molecule is CC1(O)CCCN(C(=O)c2cc(C#CCN)ccc2F)C1. The van der Waals surface area contributed by atoms with Crippen LogP contribution in [0.25, 0.3) is 0 Å². The molecule has 3 N–H and O–H groups in total. The highest BCUT2D eigenvalue weighted by molar-refractivity contribution is 5.95. The topological polar surface area (TPSA) is 66.6 Å². The fourth-order valence-corrected chi connectivity index (χ4v) is 2.48. The molecule has 1 saturated heterocycles. The van der Waals surface area contributed by atoms with Gasteiger partial charge >= 0.3 is 0 Å². The number of β-amino-alcohol motifs (C(OH)–C–C–N with tert-alkyl or cyclic N) is 1. The second kappa shape index (κ2) is 6.25. The van der Waals surface area contributed by atoms with Crippen molar-refractivity contribution in [2.45, 2.75) is 25.4 Å². The Bertz CT molecular complexity index is 602. The first-order chi connectivity index (χ1) is 9.93. The molecule has 1 unspecified atom stereocenters. The summed E-state index contributed by atoms with van der Waals surface area (Å²) in [5.74, 6) is 4.46. The molecule has 1 amide bonds. The van der Waals surface area contributed by atoms with Crippen LogP contribution in [0.5, 0.6) is 0 Å². The average molecular weight is 290 g/mol. The molecule has 5 heteroatoms. The summed E-state index contributed by atoms with van der Waals surface area (Å²) in [5.41, 5.74) is 4.92. The largest absolute Gasteiger partial charge is 0.388 e. The van der Waals surface area contributed by atoms with Gasteiger partial charge in [-0.2, -0.15) is 0 Å². The van der Waals surface area contributed by atoms with Crippen molar-refractivity contribution >= 4 is 5.91 Å². The van der Waals surface area contributed by atoms with Crippen LogP contribution in [0.4, 0.5) is 4.39 Å². The Balaban J connectivity index is 2.26. The lowest BCUT2D eigenvalue weighted by molar-refractivity contribution is -0.0109. The van der Waals surface area contributed by atoms with E-state index in [0.29, 0.717) is 24.9 Å². The maximum Gasteiger partial charge on any atom is 0.256 e. The number of hydrogen-bond donors (Lipinski definition) is 2. The van der Waals surface area contributed by atoms with E-state index < -0.39 is 17.3 Å². The lowest BCUT2D eigenvalue weighted by Gasteiger charge is -2.36. The summed E-state index contributed by atoms with van der Waals surface area (Å²) < 4.78 is 13.9. The number of benzene rings is 1. The van der Waals surface area contributed by atoms with Crippen LogP contribution in [0.15, 0.2) is 18.2 Å². The maximum absolute atomic E-state index is 13.9. The minimum atomic E-state index is -0.915. The first-order valence-corrected chi connectivity index (χ1v) is 6.93. The summed E-state index contributed by atoms with van der Waals surface area (Å²) in [6, 6.07) is 4.18. The number of nitrogens with zero attached hydrogens (tertiary/aromatic N) is 1. The zero-order valence-electron chi connectivity index (χ0n) is 12.0. The van der Waals surface area contributed by atoms with Crippen molar-refractivity contribution in [2.24, 2.45) is 5.73 Å². The number of amides is 1. The van der Waals surface area contributed by atoms with Gasteiger partial charge in [0.15, 0.2) is 0 Å². The van der Waals surface area contributed by atoms with Gasteiger partial charge in [0, 0.05) is 18.7 Å². The summed E-state index contributed by atoms with van der Waals surface area (Å²) >= 11 is 0. The number of piperidine rings is 1. The van der Waals surface area contributed by atoms with Gasteiger partial charge in [-0.1, -0.05) is 11.8 Å². The molecule has 0 aliphatic carbocycles. The van der Waals surface area contributed by atoms with Crippen LogP contribution in [-0.4, -0.2) is 41.1 Å². The molecule has 1 aliphatic rings. The Labute approximate surface area is 123 Å². The standard InChI is InChI=1S/C16H19FN2O2/c1-16(21)7-3-9-19(11-16)15(20)13-10-12(4-2-8-18)5-6-14(13)17/h5-6,10,21H,3,7-9,11,18H2,1H3. The first-order valence-electron chi connectivity index (χ1n) is 6.93. The molecule has 4 nitrogen and oxygen atoms in total. The number of hydrogen-bond acceptors (Lipinski definition) is 3. The van der Waals surface area contributed by atoms with Crippen molar-refractivity contribution in [2.75, 3.05) is 19.6 Å². The van der Waals surface area contributed by atoms with Crippen LogP contribution >= 0.6 is 0 Å². The summed E-state index contributed by atoms with van der Waals surface area (Å²) in [6.45, 7) is 2.62. The third kappa shape index (κ3) is 3.81. The Morgan fingerprint density at radius 3 is 3.00 bits per heavy atom. The summed E-state index contributed by atoms with van der Waals surface area (Å²) in [5, 5.41) is 10.1. The fourth-order valence-electron chi connectivity index (χ4n) is 2.48. The predicted octanol–water partition coefficient (Wildman–Crippen LogP) is 1.12. The van der Waals surface area contributed by atoms with Gasteiger partial charge in [0.05, 0.1) is 17.7 Å². The molecule has 0 bridgehead atoms. The van der Waals surface area contributed by atoms with Crippen molar-refractivity contribution in [1.29, 1.82) is 0 Å². The van der Waals surface area contributed by atoms with Crippen LogP contribution in [0.2, 0.25) is 0 Å². The van der Waals surface area contributed by atoms with Gasteiger partial charge in [-0.3, -0.25) is 4.79 Å². The summed E-state index contributed by atoms with van der Waals surface area (Å²) in [7, 11) is 0. The average Bonchev–Trinajstić information content (AvgIpc) is 2.44. The Hall–Kier alpha value is -1.90. The quantitative estimate of drug-likeness (QED) is 0.762. The van der Waals surface area contributed by atoms with Crippen molar-refractivity contribution in [3.05, 3.63) is 35.1 Å². The van der Waals surface area contributed by atoms with Gasteiger partial charge in [-0.05, 0) is 38.0 Å². The molecule has 1 aliphatic heterocycles.